The second-order valence-corrected chi connectivity index (χ2v) is 6.21. The van der Waals surface area contributed by atoms with Gasteiger partial charge in [0.25, 0.3) is 0 Å². The fraction of sp³-hybridized carbons (Fsp3) is 0.611. The van der Waals surface area contributed by atoms with Crippen molar-refractivity contribution in [2.75, 3.05) is 0 Å². The predicted octanol–water partition coefficient (Wildman–Crippen LogP) is 3.26. The normalized spacial score (nSPS) is 16.9. The van der Waals surface area contributed by atoms with Gasteiger partial charge in [0.1, 0.15) is 0 Å². The van der Waals surface area contributed by atoms with Crippen molar-refractivity contribution >= 4 is 5.91 Å². The van der Waals surface area contributed by atoms with Crippen LogP contribution in [0.15, 0.2) is 18.2 Å². The quantitative estimate of drug-likeness (QED) is 0.844. The number of rotatable bonds is 6. The lowest BCUT2D eigenvalue weighted by Gasteiger charge is -2.21. The minimum atomic E-state index is -0.384. The molecule has 1 aliphatic rings. The number of carbonyl (C=O) groups excluding carboxylic acids is 1. The van der Waals surface area contributed by atoms with Crippen molar-refractivity contribution in [1.29, 1.82) is 0 Å². The summed E-state index contributed by atoms with van der Waals surface area (Å²) in [5, 5.41) is 3.05. The van der Waals surface area contributed by atoms with Crippen molar-refractivity contribution in [3.05, 3.63) is 34.9 Å². The molecule has 1 aliphatic carbocycles. The molecule has 1 amide bonds. The van der Waals surface area contributed by atoms with Gasteiger partial charge in [-0.15, -0.1) is 0 Å². The van der Waals surface area contributed by atoms with E-state index in [1.165, 1.54) is 42.4 Å². The van der Waals surface area contributed by atoms with Gasteiger partial charge in [0, 0.05) is 0 Å². The molecule has 0 aliphatic heterocycles. The largest absolute Gasteiger partial charge is 0.348 e. The molecule has 116 valence electrons. The molecule has 21 heavy (non-hydrogen) atoms. The fourth-order valence-corrected chi connectivity index (χ4v) is 2.98. The first-order valence-electron chi connectivity index (χ1n) is 8.29. The third kappa shape index (κ3) is 4.31. The Morgan fingerprint density at radius 1 is 1.29 bits per heavy atom. The molecule has 2 unspecified atom stereocenters. The average Bonchev–Trinajstić information content (AvgIpc) is 2.51. The third-order valence-electron chi connectivity index (χ3n) is 4.44. The third-order valence-corrected chi connectivity index (χ3v) is 4.44. The highest BCUT2D eigenvalue weighted by atomic mass is 16.2. The van der Waals surface area contributed by atoms with E-state index < -0.39 is 0 Å². The lowest BCUT2D eigenvalue weighted by molar-refractivity contribution is -0.123. The van der Waals surface area contributed by atoms with Gasteiger partial charge in [-0.3, -0.25) is 4.79 Å². The summed E-state index contributed by atoms with van der Waals surface area (Å²) in [6.45, 7) is 4.15. The summed E-state index contributed by atoms with van der Waals surface area (Å²) < 4.78 is 0. The van der Waals surface area contributed by atoms with Crippen molar-refractivity contribution < 1.29 is 4.79 Å². The van der Waals surface area contributed by atoms with E-state index in [-0.39, 0.29) is 18.0 Å². The summed E-state index contributed by atoms with van der Waals surface area (Å²) >= 11 is 0. The van der Waals surface area contributed by atoms with Crippen molar-refractivity contribution in [2.45, 2.75) is 70.9 Å². The second-order valence-electron chi connectivity index (χ2n) is 6.21. The molecule has 3 heteroatoms. The zero-order valence-corrected chi connectivity index (χ0v) is 13.3. The molecule has 0 saturated carbocycles. The lowest BCUT2D eigenvalue weighted by Crippen LogP contribution is -2.41. The van der Waals surface area contributed by atoms with Crippen LogP contribution in [0.4, 0.5) is 0 Å². The van der Waals surface area contributed by atoms with Crippen LogP contribution in [-0.2, 0) is 17.6 Å². The molecule has 0 aromatic heterocycles. The van der Waals surface area contributed by atoms with Crippen LogP contribution < -0.4 is 11.1 Å². The molecule has 0 spiro atoms. The van der Waals surface area contributed by atoms with E-state index in [4.69, 9.17) is 5.73 Å². The Morgan fingerprint density at radius 3 is 2.71 bits per heavy atom. The number of amides is 1. The SMILES string of the molecule is CCCCC(N)C(=O)NC(C)c1ccc2c(c1)CCCC2. The van der Waals surface area contributed by atoms with Gasteiger partial charge < -0.3 is 11.1 Å². The van der Waals surface area contributed by atoms with Crippen molar-refractivity contribution in [2.24, 2.45) is 5.73 Å². The van der Waals surface area contributed by atoms with Crippen molar-refractivity contribution in [3.63, 3.8) is 0 Å². The number of aryl methyl sites for hydroxylation is 2. The van der Waals surface area contributed by atoms with Gasteiger partial charge in [-0.25, -0.2) is 0 Å². The van der Waals surface area contributed by atoms with Crippen LogP contribution in [0, 0.1) is 0 Å². The molecule has 0 radical (unpaired) electrons. The highest BCUT2D eigenvalue weighted by Crippen LogP contribution is 2.24. The van der Waals surface area contributed by atoms with E-state index in [1.54, 1.807) is 0 Å². The van der Waals surface area contributed by atoms with Gasteiger partial charge in [0.15, 0.2) is 0 Å². The van der Waals surface area contributed by atoms with Crippen molar-refractivity contribution in [3.8, 4) is 0 Å². The fourth-order valence-electron chi connectivity index (χ4n) is 2.98. The summed E-state index contributed by atoms with van der Waals surface area (Å²) in [4.78, 5) is 12.1. The van der Waals surface area contributed by atoms with E-state index in [1.807, 2.05) is 6.92 Å². The number of hydrogen-bond acceptors (Lipinski definition) is 2. The zero-order chi connectivity index (χ0) is 15.2. The van der Waals surface area contributed by atoms with E-state index in [2.05, 4.69) is 30.4 Å². The number of nitrogens with one attached hydrogen (secondary N) is 1. The van der Waals surface area contributed by atoms with Crippen LogP contribution >= 0.6 is 0 Å². The minimum absolute atomic E-state index is 0.0254. The number of fused-ring (bicyclic) bond motifs is 1. The molecule has 0 saturated heterocycles. The first-order chi connectivity index (χ1) is 10.1. The highest BCUT2D eigenvalue weighted by Gasteiger charge is 2.17. The van der Waals surface area contributed by atoms with Crippen molar-refractivity contribution in [1.82, 2.24) is 5.32 Å². The number of carbonyl (C=O) groups is 1. The molecule has 2 atom stereocenters. The molecule has 1 aromatic rings. The maximum absolute atomic E-state index is 12.1. The number of benzene rings is 1. The van der Waals surface area contributed by atoms with E-state index in [0.29, 0.717) is 0 Å². The summed E-state index contributed by atoms with van der Waals surface area (Å²) in [6.07, 6.45) is 7.77. The number of nitrogens with two attached hydrogens (primary N) is 1. The lowest BCUT2D eigenvalue weighted by atomic mass is 9.89. The molecule has 3 N–H and O–H groups in total. The highest BCUT2D eigenvalue weighted by molar-refractivity contribution is 5.81. The Labute approximate surface area is 128 Å². The number of hydrogen-bond donors (Lipinski definition) is 2. The van der Waals surface area contributed by atoms with Crippen LogP contribution in [0.2, 0.25) is 0 Å². The Kier molecular flexibility index (Phi) is 5.80. The molecular formula is C18H28N2O. The molecular weight excluding hydrogens is 260 g/mol. The van der Waals surface area contributed by atoms with Gasteiger partial charge in [0.2, 0.25) is 5.91 Å². The number of unbranched alkanes of at least 4 members (excludes halogenated alkanes) is 1. The summed E-state index contributed by atoms with van der Waals surface area (Å²) in [6, 6.07) is 6.27. The van der Waals surface area contributed by atoms with E-state index in [9.17, 15) is 4.79 Å². The zero-order valence-electron chi connectivity index (χ0n) is 13.3. The van der Waals surface area contributed by atoms with Crippen LogP contribution in [0.1, 0.15) is 68.7 Å². The Balaban J connectivity index is 1.96. The first-order valence-corrected chi connectivity index (χ1v) is 8.29. The standard InChI is InChI=1S/C18H28N2O/c1-3-4-9-17(19)18(21)20-13(2)15-11-10-14-7-5-6-8-16(14)12-15/h10-13,17H,3-9,19H2,1-2H3,(H,20,21). The van der Waals surface area contributed by atoms with Gasteiger partial charge in [-0.2, -0.15) is 0 Å². The van der Waals surface area contributed by atoms with Gasteiger partial charge in [-0.05, 0) is 55.7 Å². The topological polar surface area (TPSA) is 55.1 Å². The van der Waals surface area contributed by atoms with Crippen LogP contribution in [0.25, 0.3) is 0 Å². The Hall–Kier alpha value is -1.35. The maximum atomic E-state index is 12.1. The Bertz CT molecular complexity index is 484. The van der Waals surface area contributed by atoms with Gasteiger partial charge in [0.05, 0.1) is 12.1 Å². The maximum Gasteiger partial charge on any atom is 0.237 e. The summed E-state index contributed by atoms with van der Waals surface area (Å²) in [5.74, 6) is -0.0336. The van der Waals surface area contributed by atoms with Crippen LogP contribution in [0.5, 0.6) is 0 Å². The molecule has 3 nitrogen and oxygen atoms in total. The molecule has 0 heterocycles. The van der Waals surface area contributed by atoms with E-state index >= 15 is 0 Å². The molecule has 2 rings (SSSR count). The predicted molar refractivity (Wildman–Crippen MR) is 87.1 cm³/mol. The smallest absolute Gasteiger partial charge is 0.237 e. The Morgan fingerprint density at radius 2 is 2.00 bits per heavy atom. The average molecular weight is 288 g/mol. The van der Waals surface area contributed by atoms with Crippen LogP contribution in [0.3, 0.4) is 0 Å². The minimum Gasteiger partial charge on any atom is -0.348 e. The molecule has 0 bridgehead atoms. The second kappa shape index (κ2) is 7.60. The summed E-state index contributed by atoms with van der Waals surface area (Å²) in [7, 11) is 0. The van der Waals surface area contributed by atoms with Gasteiger partial charge in [-0.1, -0.05) is 38.0 Å². The molecule has 1 aromatic carbocycles. The van der Waals surface area contributed by atoms with Gasteiger partial charge >= 0.3 is 0 Å². The monoisotopic (exact) mass is 288 g/mol. The van der Waals surface area contributed by atoms with Crippen LogP contribution in [-0.4, -0.2) is 11.9 Å². The van der Waals surface area contributed by atoms with E-state index in [0.717, 1.165) is 19.3 Å². The summed E-state index contributed by atoms with van der Waals surface area (Å²) in [5.41, 5.74) is 10.0. The molecule has 0 fully saturated rings. The first kappa shape index (κ1) is 16.0.